The summed E-state index contributed by atoms with van der Waals surface area (Å²) in [6.07, 6.45) is 0. The summed E-state index contributed by atoms with van der Waals surface area (Å²) in [7, 11) is 0. The van der Waals surface area contributed by atoms with Gasteiger partial charge >= 0.3 is 0 Å². The Morgan fingerprint density at radius 3 is 2.71 bits per heavy atom. The average molecular weight is 232 g/mol. The third-order valence-electron chi connectivity index (χ3n) is 1.77. The maximum absolute atomic E-state index is 11.5. The lowest BCUT2D eigenvalue weighted by atomic mass is 10.1. The van der Waals surface area contributed by atoms with Crippen LogP contribution in [0.3, 0.4) is 0 Å². The van der Waals surface area contributed by atoms with Crippen molar-refractivity contribution in [3.63, 3.8) is 0 Å². The zero-order valence-corrected chi connectivity index (χ0v) is 9.32. The minimum Gasteiger partial charge on any atom is -0.310 e. The third-order valence-corrected chi connectivity index (χ3v) is 2.31. The molecular weight excluding hydrogens is 221 g/mol. The standard InChI is InChI=1S/C10H11Cl2NO/c1-2-13-6-10(14)8-4-3-7(11)5-9(8)12/h3-5,13H,2,6H2,1H3. The summed E-state index contributed by atoms with van der Waals surface area (Å²) in [5, 5.41) is 3.89. The first-order chi connectivity index (χ1) is 6.65. The summed E-state index contributed by atoms with van der Waals surface area (Å²) in [5.74, 6) is -0.0199. The Labute approximate surface area is 93.2 Å². The Hall–Kier alpha value is -0.570. The molecule has 0 spiro atoms. The Morgan fingerprint density at radius 2 is 2.14 bits per heavy atom. The van der Waals surface area contributed by atoms with Gasteiger partial charge in [-0.3, -0.25) is 4.79 Å². The number of Topliss-reactive ketones (excluding diaryl/α,β-unsaturated/α-hetero) is 1. The number of hydrogen-bond acceptors (Lipinski definition) is 2. The van der Waals surface area contributed by atoms with Gasteiger partial charge in [0.05, 0.1) is 11.6 Å². The molecule has 0 aromatic heterocycles. The molecule has 0 aliphatic heterocycles. The average Bonchev–Trinajstić information content (AvgIpc) is 2.14. The largest absolute Gasteiger partial charge is 0.310 e. The summed E-state index contributed by atoms with van der Waals surface area (Å²) in [6, 6.07) is 4.87. The Kier molecular flexibility index (Phi) is 4.39. The first kappa shape index (κ1) is 11.5. The quantitative estimate of drug-likeness (QED) is 0.808. The molecule has 0 bridgehead atoms. The van der Waals surface area contributed by atoms with Gasteiger partial charge in [0, 0.05) is 10.6 Å². The maximum atomic E-state index is 11.5. The highest BCUT2D eigenvalue weighted by atomic mass is 35.5. The maximum Gasteiger partial charge on any atom is 0.178 e. The molecule has 1 N–H and O–H groups in total. The molecule has 76 valence electrons. The molecule has 0 unspecified atom stereocenters. The van der Waals surface area contributed by atoms with Crippen molar-refractivity contribution in [3.8, 4) is 0 Å². The summed E-state index contributed by atoms with van der Waals surface area (Å²) >= 11 is 11.6. The zero-order chi connectivity index (χ0) is 10.6. The van der Waals surface area contributed by atoms with Crippen LogP contribution >= 0.6 is 23.2 Å². The second kappa shape index (κ2) is 5.35. The molecule has 14 heavy (non-hydrogen) atoms. The Morgan fingerprint density at radius 1 is 1.43 bits per heavy atom. The lowest BCUT2D eigenvalue weighted by molar-refractivity contribution is 0.0992. The second-order valence-electron chi connectivity index (χ2n) is 2.83. The monoisotopic (exact) mass is 231 g/mol. The number of hydrogen-bond donors (Lipinski definition) is 1. The first-order valence-electron chi connectivity index (χ1n) is 4.34. The number of benzene rings is 1. The van der Waals surface area contributed by atoms with Crippen molar-refractivity contribution in [2.45, 2.75) is 6.92 Å². The predicted octanol–water partition coefficient (Wildman–Crippen LogP) is 2.79. The minimum atomic E-state index is -0.0199. The highest BCUT2D eigenvalue weighted by Gasteiger charge is 2.09. The highest BCUT2D eigenvalue weighted by molar-refractivity contribution is 6.36. The molecule has 4 heteroatoms. The van der Waals surface area contributed by atoms with Crippen LogP contribution in [0.15, 0.2) is 18.2 Å². The normalized spacial score (nSPS) is 10.2. The van der Waals surface area contributed by atoms with Crippen LogP contribution in [0.25, 0.3) is 0 Å². The minimum absolute atomic E-state index is 0.0199. The van der Waals surface area contributed by atoms with Crippen molar-refractivity contribution < 1.29 is 4.79 Å². The summed E-state index contributed by atoms with van der Waals surface area (Å²) < 4.78 is 0. The van der Waals surface area contributed by atoms with Crippen LogP contribution in [-0.2, 0) is 0 Å². The molecule has 0 saturated carbocycles. The van der Waals surface area contributed by atoms with Crippen LogP contribution in [0.2, 0.25) is 10.0 Å². The lowest BCUT2D eigenvalue weighted by Crippen LogP contribution is -2.22. The molecule has 0 atom stereocenters. The molecule has 1 aromatic carbocycles. The number of likely N-dealkylation sites (N-methyl/N-ethyl adjacent to an activating group) is 1. The molecule has 0 radical (unpaired) electrons. The molecule has 1 rings (SSSR count). The van der Waals surface area contributed by atoms with E-state index in [-0.39, 0.29) is 5.78 Å². The molecule has 0 heterocycles. The van der Waals surface area contributed by atoms with E-state index in [1.165, 1.54) is 0 Å². The van der Waals surface area contributed by atoms with Gasteiger partial charge < -0.3 is 5.32 Å². The van der Waals surface area contributed by atoms with Gasteiger partial charge in [-0.05, 0) is 24.7 Å². The van der Waals surface area contributed by atoms with Crippen LogP contribution in [0.5, 0.6) is 0 Å². The third kappa shape index (κ3) is 2.98. The van der Waals surface area contributed by atoms with Crippen molar-refractivity contribution in [1.82, 2.24) is 5.32 Å². The summed E-state index contributed by atoms with van der Waals surface area (Å²) in [5.41, 5.74) is 0.511. The van der Waals surface area contributed by atoms with E-state index in [0.29, 0.717) is 22.2 Å². The van der Waals surface area contributed by atoms with Crippen molar-refractivity contribution in [2.24, 2.45) is 0 Å². The van der Waals surface area contributed by atoms with Crippen LogP contribution in [0.4, 0.5) is 0 Å². The van der Waals surface area contributed by atoms with Crippen molar-refractivity contribution in [1.29, 1.82) is 0 Å². The van der Waals surface area contributed by atoms with E-state index in [0.717, 1.165) is 6.54 Å². The van der Waals surface area contributed by atoms with Crippen molar-refractivity contribution in [3.05, 3.63) is 33.8 Å². The molecule has 0 fully saturated rings. The fraction of sp³-hybridized carbons (Fsp3) is 0.300. The SMILES string of the molecule is CCNCC(=O)c1ccc(Cl)cc1Cl. The number of carbonyl (C=O) groups excluding carboxylic acids is 1. The number of carbonyl (C=O) groups is 1. The van der Waals surface area contributed by atoms with Crippen LogP contribution in [-0.4, -0.2) is 18.9 Å². The van der Waals surface area contributed by atoms with Gasteiger partial charge in [-0.25, -0.2) is 0 Å². The van der Waals surface area contributed by atoms with Gasteiger partial charge in [-0.2, -0.15) is 0 Å². The van der Waals surface area contributed by atoms with E-state index in [4.69, 9.17) is 23.2 Å². The zero-order valence-electron chi connectivity index (χ0n) is 7.81. The fourth-order valence-corrected chi connectivity index (χ4v) is 1.56. The van der Waals surface area contributed by atoms with Crippen LogP contribution in [0, 0.1) is 0 Å². The number of ketones is 1. The van der Waals surface area contributed by atoms with Crippen molar-refractivity contribution in [2.75, 3.05) is 13.1 Å². The van der Waals surface area contributed by atoms with Crippen molar-refractivity contribution >= 4 is 29.0 Å². The van der Waals surface area contributed by atoms with Crippen LogP contribution in [0.1, 0.15) is 17.3 Å². The summed E-state index contributed by atoms with van der Waals surface area (Å²) in [6.45, 7) is 3.01. The topological polar surface area (TPSA) is 29.1 Å². The van der Waals surface area contributed by atoms with Gasteiger partial charge in [0.2, 0.25) is 0 Å². The van der Waals surface area contributed by atoms with E-state index in [1.807, 2.05) is 6.92 Å². The van der Waals surface area contributed by atoms with Gasteiger partial charge in [-0.15, -0.1) is 0 Å². The van der Waals surface area contributed by atoms with Gasteiger partial charge in [0.1, 0.15) is 0 Å². The number of nitrogens with one attached hydrogen (secondary N) is 1. The highest BCUT2D eigenvalue weighted by Crippen LogP contribution is 2.20. The Balaban J connectivity index is 2.80. The molecular formula is C10H11Cl2NO. The summed E-state index contributed by atoms with van der Waals surface area (Å²) in [4.78, 5) is 11.5. The van der Waals surface area contributed by atoms with Gasteiger partial charge in [-0.1, -0.05) is 30.1 Å². The molecule has 2 nitrogen and oxygen atoms in total. The van der Waals surface area contributed by atoms with Gasteiger partial charge in [0.15, 0.2) is 5.78 Å². The Bertz CT molecular complexity index is 339. The van der Waals surface area contributed by atoms with E-state index in [2.05, 4.69) is 5.32 Å². The molecule has 0 aliphatic carbocycles. The first-order valence-corrected chi connectivity index (χ1v) is 5.09. The number of rotatable bonds is 4. The van der Waals surface area contributed by atoms with E-state index >= 15 is 0 Å². The van der Waals surface area contributed by atoms with E-state index in [9.17, 15) is 4.79 Å². The van der Waals surface area contributed by atoms with E-state index in [1.54, 1.807) is 18.2 Å². The molecule has 0 aliphatic rings. The van der Waals surface area contributed by atoms with Crippen LogP contribution < -0.4 is 5.32 Å². The fourth-order valence-electron chi connectivity index (χ4n) is 1.05. The smallest absolute Gasteiger partial charge is 0.178 e. The van der Waals surface area contributed by atoms with E-state index < -0.39 is 0 Å². The number of halogens is 2. The molecule has 1 aromatic rings. The molecule has 0 saturated heterocycles. The van der Waals surface area contributed by atoms with Gasteiger partial charge in [0.25, 0.3) is 0 Å². The lowest BCUT2D eigenvalue weighted by Gasteiger charge is -2.03. The predicted molar refractivity (Wildman–Crippen MR) is 59.3 cm³/mol. The molecule has 0 amide bonds. The second-order valence-corrected chi connectivity index (χ2v) is 3.67.